The van der Waals surface area contributed by atoms with Crippen molar-refractivity contribution in [1.29, 1.82) is 0 Å². The van der Waals surface area contributed by atoms with Gasteiger partial charge in [0, 0.05) is 18.2 Å². The number of esters is 1. The lowest BCUT2D eigenvalue weighted by Gasteiger charge is -2.08. The van der Waals surface area contributed by atoms with Crippen molar-refractivity contribution in [2.45, 2.75) is 6.42 Å². The first kappa shape index (κ1) is 15.2. The Hall–Kier alpha value is -1.81. The minimum Gasteiger partial charge on any atom is -0.496 e. The van der Waals surface area contributed by atoms with Gasteiger partial charge in [-0.2, -0.15) is 0 Å². The molecule has 0 aliphatic carbocycles. The van der Waals surface area contributed by atoms with E-state index in [0.717, 1.165) is 24.3 Å². The molecule has 4 nitrogen and oxygen atoms in total. The van der Waals surface area contributed by atoms with Gasteiger partial charge in [0.1, 0.15) is 5.75 Å². The first-order valence-electron chi connectivity index (χ1n) is 6.26. The molecule has 0 atom stereocenters. The summed E-state index contributed by atoms with van der Waals surface area (Å²) < 4.78 is 10.3. The second kappa shape index (κ2) is 8.32. The van der Waals surface area contributed by atoms with E-state index in [4.69, 9.17) is 9.47 Å². The first-order chi connectivity index (χ1) is 9.13. The molecule has 104 valence electrons. The average Bonchev–Trinajstić information content (AvgIpc) is 2.41. The fraction of sp³-hybridized carbons (Fsp3) is 0.400. The van der Waals surface area contributed by atoms with E-state index in [-0.39, 0.29) is 5.97 Å². The van der Waals surface area contributed by atoms with Crippen LogP contribution in [0.4, 0.5) is 0 Å². The maximum atomic E-state index is 11.5. The van der Waals surface area contributed by atoms with Crippen LogP contribution in [0.1, 0.15) is 12.0 Å². The lowest BCUT2D eigenvalue weighted by Crippen LogP contribution is -2.15. The Morgan fingerprint density at radius 1 is 1.32 bits per heavy atom. The summed E-state index contributed by atoms with van der Waals surface area (Å²) in [6.07, 6.45) is 3.96. The van der Waals surface area contributed by atoms with Crippen molar-refractivity contribution in [1.82, 2.24) is 4.90 Å². The van der Waals surface area contributed by atoms with Crippen LogP contribution in [0.3, 0.4) is 0 Å². The van der Waals surface area contributed by atoms with Crippen molar-refractivity contribution in [3.63, 3.8) is 0 Å². The zero-order chi connectivity index (χ0) is 14.1. The van der Waals surface area contributed by atoms with E-state index in [1.165, 1.54) is 6.08 Å². The van der Waals surface area contributed by atoms with Gasteiger partial charge in [0.2, 0.25) is 0 Å². The van der Waals surface area contributed by atoms with E-state index < -0.39 is 0 Å². The highest BCUT2D eigenvalue weighted by Gasteiger charge is 2.00. The third-order valence-electron chi connectivity index (χ3n) is 2.53. The maximum Gasteiger partial charge on any atom is 0.330 e. The molecular weight excluding hydrogens is 242 g/mol. The summed E-state index contributed by atoms with van der Waals surface area (Å²) in [6, 6.07) is 7.51. The van der Waals surface area contributed by atoms with Gasteiger partial charge >= 0.3 is 5.97 Å². The van der Waals surface area contributed by atoms with Crippen LogP contribution in [0.25, 0.3) is 6.08 Å². The molecule has 0 spiro atoms. The molecule has 0 heterocycles. The summed E-state index contributed by atoms with van der Waals surface area (Å²) in [4.78, 5) is 13.6. The minimum atomic E-state index is -0.329. The molecule has 19 heavy (non-hydrogen) atoms. The fourth-order valence-electron chi connectivity index (χ4n) is 1.56. The van der Waals surface area contributed by atoms with Crippen molar-refractivity contribution in [2.24, 2.45) is 0 Å². The third kappa shape index (κ3) is 6.06. The van der Waals surface area contributed by atoms with Gasteiger partial charge in [-0.1, -0.05) is 18.2 Å². The zero-order valence-electron chi connectivity index (χ0n) is 11.8. The highest BCUT2D eigenvalue weighted by atomic mass is 16.5. The number of nitrogens with zero attached hydrogens (tertiary/aromatic N) is 1. The molecular formula is C15H21NO3. The van der Waals surface area contributed by atoms with E-state index in [1.807, 2.05) is 38.4 Å². The van der Waals surface area contributed by atoms with Crippen molar-refractivity contribution >= 4 is 12.0 Å². The van der Waals surface area contributed by atoms with Crippen LogP contribution in [0.5, 0.6) is 5.75 Å². The average molecular weight is 263 g/mol. The molecule has 0 aromatic heterocycles. The summed E-state index contributed by atoms with van der Waals surface area (Å²) >= 11 is 0. The number of hydrogen-bond acceptors (Lipinski definition) is 4. The number of carbonyl (C=O) groups is 1. The molecule has 0 unspecified atom stereocenters. The second-order valence-electron chi connectivity index (χ2n) is 4.40. The van der Waals surface area contributed by atoms with Gasteiger partial charge in [-0.3, -0.25) is 0 Å². The maximum absolute atomic E-state index is 11.5. The van der Waals surface area contributed by atoms with Crippen LogP contribution in [0, 0.1) is 0 Å². The molecule has 4 heteroatoms. The predicted octanol–water partition coefficient (Wildman–Crippen LogP) is 2.20. The molecule has 0 aliphatic rings. The zero-order valence-corrected chi connectivity index (χ0v) is 11.8. The standard InChI is InChI=1S/C15H21NO3/c1-16(2)11-6-12-19-15(17)10-9-13-7-4-5-8-14(13)18-3/h4-5,7-10H,6,11-12H2,1-3H3/b10-9+. The first-order valence-corrected chi connectivity index (χ1v) is 6.26. The molecule has 0 N–H and O–H groups in total. The Kier molecular flexibility index (Phi) is 6.68. The van der Waals surface area contributed by atoms with E-state index in [1.54, 1.807) is 13.2 Å². The van der Waals surface area contributed by atoms with Crippen LogP contribution >= 0.6 is 0 Å². The van der Waals surface area contributed by atoms with Crippen molar-refractivity contribution in [2.75, 3.05) is 34.4 Å². The highest BCUT2D eigenvalue weighted by Crippen LogP contribution is 2.18. The third-order valence-corrected chi connectivity index (χ3v) is 2.53. The van der Waals surface area contributed by atoms with Crippen LogP contribution in [0.2, 0.25) is 0 Å². The van der Waals surface area contributed by atoms with E-state index in [0.29, 0.717) is 6.61 Å². The number of rotatable bonds is 7. The number of benzene rings is 1. The number of hydrogen-bond donors (Lipinski definition) is 0. The molecule has 0 aliphatic heterocycles. The molecule has 1 aromatic rings. The number of ether oxygens (including phenoxy) is 2. The normalized spacial score (nSPS) is 10.9. The molecule has 0 fully saturated rings. The van der Waals surface area contributed by atoms with Gasteiger partial charge in [-0.05, 0) is 32.7 Å². The monoisotopic (exact) mass is 263 g/mol. The molecule has 1 aromatic carbocycles. The Morgan fingerprint density at radius 2 is 2.05 bits per heavy atom. The van der Waals surface area contributed by atoms with Crippen molar-refractivity contribution in [3.8, 4) is 5.75 Å². The summed E-state index contributed by atoms with van der Waals surface area (Å²) in [5.74, 6) is 0.406. The largest absolute Gasteiger partial charge is 0.496 e. The second-order valence-corrected chi connectivity index (χ2v) is 4.40. The fourth-order valence-corrected chi connectivity index (χ4v) is 1.56. The minimum absolute atomic E-state index is 0.329. The van der Waals surface area contributed by atoms with Gasteiger partial charge in [0.15, 0.2) is 0 Å². The Bertz CT molecular complexity index is 427. The Labute approximate surface area is 114 Å². The predicted molar refractivity (Wildman–Crippen MR) is 76.2 cm³/mol. The molecule has 0 saturated heterocycles. The van der Waals surface area contributed by atoms with Crippen molar-refractivity contribution < 1.29 is 14.3 Å². The lowest BCUT2D eigenvalue weighted by molar-refractivity contribution is -0.137. The van der Waals surface area contributed by atoms with E-state index in [2.05, 4.69) is 4.90 Å². The van der Waals surface area contributed by atoms with Gasteiger partial charge in [-0.15, -0.1) is 0 Å². The van der Waals surface area contributed by atoms with E-state index in [9.17, 15) is 4.79 Å². The molecule has 0 radical (unpaired) electrons. The summed E-state index contributed by atoms with van der Waals surface area (Å²) in [5, 5.41) is 0. The SMILES string of the molecule is COc1ccccc1/C=C/C(=O)OCCCN(C)C. The lowest BCUT2D eigenvalue weighted by atomic mass is 10.2. The molecule has 1 rings (SSSR count). The van der Waals surface area contributed by atoms with Gasteiger partial charge in [-0.25, -0.2) is 4.79 Å². The van der Waals surface area contributed by atoms with Crippen molar-refractivity contribution in [3.05, 3.63) is 35.9 Å². The summed E-state index contributed by atoms with van der Waals surface area (Å²) in [5.41, 5.74) is 0.857. The quantitative estimate of drug-likeness (QED) is 0.429. The summed E-state index contributed by atoms with van der Waals surface area (Å²) in [7, 11) is 5.58. The van der Waals surface area contributed by atoms with Gasteiger partial charge < -0.3 is 14.4 Å². The van der Waals surface area contributed by atoms with Crippen LogP contribution < -0.4 is 4.74 Å². The van der Waals surface area contributed by atoms with Crippen LogP contribution in [-0.4, -0.2) is 45.2 Å². The number of para-hydroxylation sites is 1. The number of carbonyl (C=O) groups excluding carboxylic acids is 1. The van der Waals surface area contributed by atoms with Crippen LogP contribution in [-0.2, 0) is 9.53 Å². The highest BCUT2D eigenvalue weighted by molar-refractivity contribution is 5.87. The smallest absolute Gasteiger partial charge is 0.330 e. The molecule has 0 amide bonds. The van der Waals surface area contributed by atoms with E-state index >= 15 is 0 Å². The molecule has 0 saturated carbocycles. The van der Waals surface area contributed by atoms with Gasteiger partial charge in [0.05, 0.1) is 13.7 Å². The van der Waals surface area contributed by atoms with Crippen LogP contribution in [0.15, 0.2) is 30.3 Å². The topological polar surface area (TPSA) is 38.8 Å². The Balaban J connectivity index is 2.41. The molecule has 0 bridgehead atoms. The Morgan fingerprint density at radius 3 is 2.74 bits per heavy atom. The number of methoxy groups -OCH3 is 1. The van der Waals surface area contributed by atoms with Gasteiger partial charge in [0.25, 0.3) is 0 Å². The summed E-state index contributed by atoms with van der Waals surface area (Å²) in [6.45, 7) is 1.34.